The molecule has 0 aliphatic heterocycles. The Morgan fingerprint density at radius 1 is 1.03 bits per heavy atom. The monoisotopic (exact) mass is 472 g/mol. The van der Waals surface area contributed by atoms with Crippen LogP contribution in [0.25, 0.3) is 10.2 Å². The summed E-state index contributed by atoms with van der Waals surface area (Å²) in [6.45, 7) is 0. The van der Waals surface area contributed by atoms with Gasteiger partial charge in [-0.05, 0) is 43.2 Å². The molecule has 0 unspecified atom stereocenters. The molecule has 2 aromatic heterocycles. The highest BCUT2D eigenvalue weighted by molar-refractivity contribution is 8.01. The Morgan fingerprint density at radius 3 is 2.68 bits per heavy atom. The summed E-state index contributed by atoms with van der Waals surface area (Å²) in [6, 6.07) is 11.7. The van der Waals surface area contributed by atoms with Crippen LogP contribution in [0.4, 0.5) is 5.69 Å². The molecular weight excluding hydrogens is 448 g/mol. The van der Waals surface area contributed by atoms with E-state index in [0.29, 0.717) is 17.5 Å². The third-order valence-electron chi connectivity index (χ3n) is 4.94. The molecule has 4 rings (SSSR count). The molecule has 0 radical (unpaired) electrons. The van der Waals surface area contributed by atoms with Gasteiger partial charge in [0, 0.05) is 17.9 Å². The summed E-state index contributed by atoms with van der Waals surface area (Å²) < 4.78 is 1.85. The minimum Gasteiger partial charge on any atom is -0.353 e. The first-order valence-corrected chi connectivity index (χ1v) is 13.1. The van der Waals surface area contributed by atoms with Crippen LogP contribution < -0.4 is 10.6 Å². The molecule has 1 aliphatic carbocycles. The first-order chi connectivity index (χ1) is 15.2. The number of aromatic nitrogens is 2. The van der Waals surface area contributed by atoms with Crippen molar-refractivity contribution in [1.29, 1.82) is 0 Å². The lowest BCUT2D eigenvalue weighted by Gasteiger charge is -2.22. The Labute approximate surface area is 194 Å². The van der Waals surface area contributed by atoms with Crippen molar-refractivity contribution in [2.75, 3.05) is 16.8 Å². The molecule has 1 aromatic carbocycles. The maximum Gasteiger partial charge on any atom is 0.234 e. The Hall–Kier alpha value is -2.10. The smallest absolute Gasteiger partial charge is 0.234 e. The van der Waals surface area contributed by atoms with E-state index in [2.05, 4.69) is 20.6 Å². The van der Waals surface area contributed by atoms with Crippen molar-refractivity contribution in [3.63, 3.8) is 0 Å². The number of fused-ring (bicyclic) bond motifs is 1. The largest absolute Gasteiger partial charge is 0.353 e. The average Bonchev–Trinajstić information content (AvgIpc) is 3.20. The number of benzene rings is 1. The summed E-state index contributed by atoms with van der Waals surface area (Å²) in [7, 11) is 0. The van der Waals surface area contributed by atoms with Crippen LogP contribution in [0.5, 0.6) is 0 Å². The van der Waals surface area contributed by atoms with Gasteiger partial charge in [-0.1, -0.05) is 48.9 Å². The normalized spacial score (nSPS) is 14.5. The number of rotatable bonds is 8. The van der Waals surface area contributed by atoms with Crippen LogP contribution in [-0.2, 0) is 9.59 Å². The molecule has 2 amide bonds. The van der Waals surface area contributed by atoms with E-state index in [1.165, 1.54) is 42.8 Å². The van der Waals surface area contributed by atoms with Gasteiger partial charge in [0.2, 0.25) is 11.8 Å². The number of thiazole rings is 1. The molecule has 1 aliphatic rings. The second kappa shape index (κ2) is 11.0. The van der Waals surface area contributed by atoms with E-state index in [1.54, 1.807) is 17.5 Å². The molecule has 0 atom stereocenters. The third-order valence-corrected chi connectivity index (χ3v) is 8.04. The molecule has 162 valence electrons. The molecule has 3 aromatic rings. The van der Waals surface area contributed by atoms with Crippen LogP contribution in [0.2, 0.25) is 0 Å². The highest BCUT2D eigenvalue weighted by atomic mass is 32.2. The van der Waals surface area contributed by atoms with Gasteiger partial charge in [-0.25, -0.2) is 9.97 Å². The molecule has 1 saturated carbocycles. The first-order valence-electron chi connectivity index (χ1n) is 10.3. The summed E-state index contributed by atoms with van der Waals surface area (Å²) in [6.07, 6.45) is 7.58. The number of thioether (sulfide) groups is 2. The number of carbonyl (C=O) groups is 2. The van der Waals surface area contributed by atoms with Crippen LogP contribution in [0.3, 0.4) is 0 Å². The fourth-order valence-electron chi connectivity index (χ4n) is 3.46. The summed E-state index contributed by atoms with van der Waals surface area (Å²) in [5.41, 5.74) is 1.62. The Bertz CT molecular complexity index is 1040. The van der Waals surface area contributed by atoms with E-state index >= 15 is 0 Å². The predicted molar refractivity (Wildman–Crippen MR) is 129 cm³/mol. The molecule has 0 saturated heterocycles. The van der Waals surface area contributed by atoms with Crippen molar-refractivity contribution in [3.8, 4) is 0 Å². The molecule has 1 fully saturated rings. The van der Waals surface area contributed by atoms with Gasteiger partial charge in [0.1, 0.15) is 0 Å². The highest BCUT2D eigenvalue weighted by Crippen LogP contribution is 2.31. The molecule has 2 N–H and O–H groups in total. The van der Waals surface area contributed by atoms with Crippen molar-refractivity contribution in [1.82, 2.24) is 15.3 Å². The van der Waals surface area contributed by atoms with Crippen LogP contribution in [0.15, 0.2) is 52.0 Å². The van der Waals surface area contributed by atoms with Crippen molar-refractivity contribution in [2.45, 2.75) is 47.5 Å². The molecular formula is C22H24N4O2S3. The fourth-order valence-corrected chi connectivity index (χ4v) is 6.04. The Balaban J connectivity index is 1.28. The Morgan fingerprint density at radius 2 is 1.87 bits per heavy atom. The van der Waals surface area contributed by atoms with E-state index in [0.717, 1.165) is 38.1 Å². The number of nitrogens with one attached hydrogen (secondary N) is 2. The number of nitrogens with zero attached hydrogens (tertiary/aromatic N) is 2. The van der Waals surface area contributed by atoms with Gasteiger partial charge >= 0.3 is 0 Å². The second-order valence-electron chi connectivity index (χ2n) is 7.36. The number of hydrogen-bond acceptors (Lipinski definition) is 7. The van der Waals surface area contributed by atoms with Gasteiger partial charge in [0.25, 0.3) is 0 Å². The number of hydrogen-bond donors (Lipinski definition) is 2. The quantitative estimate of drug-likeness (QED) is 0.451. The number of carbonyl (C=O) groups excluding carboxylic acids is 2. The van der Waals surface area contributed by atoms with Crippen molar-refractivity contribution in [3.05, 3.63) is 42.6 Å². The van der Waals surface area contributed by atoms with Gasteiger partial charge in [0.05, 0.1) is 26.7 Å². The van der Waals surface area contributed by atoms with Crippen LogP contribution >= 0.6 is 34.9 Å². The standard InChI is InChI=1S/C22H24N4O2S3/c27-19(13-29-21-8-4-5-11-23-21)25-16-9-10-17-18(12-16)31-22(26-17)30-14-20(28)24-15-6-2-1-3-7-15/h4-5,8-12,15H,1-3,6-7,13-14H2,(H,24,28)(H,25,27). The van der Waals surface area contributed by atoms with Crippen molar-refractivity contribution >= 4 is 62.6 Å². The Kier molecular flexibility index (Phi) is 7.82. The average molecular weight is 473 g/mol. The predicted octanol–water partition coefficient (Wildman–Crippen LogP) is 4.96. The number of pyridine rings is 1. The lowest BCUT2D eigenvalue weighted by Crippen LogP contribution is -2.37. The molecule has 9 heteroatoms. The van der Waals surface area contributed by atoms with Gasteiger partial charge in [-0.2, -0.15) is 0 Å². The summed E-state index contributed by atoms with van der Waals surface area (Å²) >= 11 is 4.41. The lowest BCUT2D eigenvalue weighted by molar-refractivity contribution is -0.119. The zero-order valence-electron chi connectivity index (χ0n) is 17.0. The van der Waals surface area contributed by atoms with E-state index in [4.69, 9.17) is 0 Å². The van der Waals surface area contributed by atoms with E-state index in [-0.39, 0.29) is 11.8 Å². The zero-order valence-corrected chi connectivity index (χ0v) is 19.5. The first kappa shape index (κ1) is 22.1. The van der Waals surface area contributed by atoms with Gasteiger partial charge in [-0.15, -0.1) is 11.3 Å². The van der Waals surface area contributed by atoms with E-state index < -0.39 is 0 Å². The minimum absolute atomic E-state index is 0.0755. The maximum absolute atomic E-state index is 12.2. The van der Waals surface area contributed by atoms with Crippen LogP contribution in [-0.4, -0.2) is 39.3 Å². The SMILES string of the molecule is O=C(CSc1ccccn1)Nc1ccc2nc(SCC(=O)NC3CCCCC3)sc2c1. The highest BCUT2D eigenvalue weighted by Gasteiger charge is 2.16. The summed E-state index contributed by atoms with van der Waals surface area (Å²) in [4.78, 5) is 33.3. The minimum atomic E-state index is -0.0755. The van der Waals surface area contributed by atoms with Gasteiger partial charge < -0.3 is 10.6 Å². The maximum atomic E-state index is 12.2. The topological polar surface area (TPSA) is 84.0 Å². The van der Waals surface area contributed by atoms with Crippen LogP contribution in [0.1, 0.15) is 32.1 Å². The van der Waals surface area contributed by atoms with E-state index in [9.17, 15) is 9.59 Å². The molecule has 0 bridgehead atoms. The summed E-state index contributed by atoms with van der Waals surface area (Å²) in [5, 5.41) is 6.89. The third kappa shape index (κ3) is 6.69. The van der Waals surface area contributed by atoms with Gasteiger partial charge in [0.15, 0.2) is 4.34 Å². The zero-order chi connectivity index (χ0) is 21.5. The molecule has 6 nitrogen and oxygen atoms in total. The number of anilines is 1. The lowest BCUT2D eigenvalue weighted by atomic mass is 9.95. The fraction of sp³-hybridized carbons (Fsp3) is 0.364. The van der Waals surface area contributed by atoms with Gasteiger partial charge in [-0.3, -0.25) is 9.59 Å². The molecule has 2 heterocycles. The summed E-state index contributed by atoms with van der Waals surface area (Å²) in [5.74, 6) is 0.683. The van der Waals surface area contributed by atoms with Crippen molar-refractivity contribution < 1.29 is 9.59 Å². The van der Waals surface area contributed by atoms with Crippen LogP contribution in [0, 0.1) is 0 Å². The second-order valence-corrected chi connectivity index (χ2v) is 10.6. The molecule has 0 spiro atoms. The van der Waals surface area contributed by atoms with E-state index in [1.807, 2.05) is 36.4 Å². The van der Waals surface area contributed by atoms with Crippen molar-refractivity contribution in [2.24, 2.45) is 0 Å². The number of amides is 2. The molecule has 31 heavy (non-hydrogen) atoms.